The first-order chi connectivity index (χ1) is 8.90. The van der Waals surface area contributed by atoms with E-state index in [1.807, 2.05) is 13.8 Å². The molecule has 1 aliphatic heterocycles. The maximum atomic E-state index is 11.9. The van der Waals surface area contributed by atoms with Gasteiger partial charge in [0, 0.05) is 0 Å². The third-order valence-electron chi connectivity index (χ3n) is 3.33. The largest absolute Gasteiger partial charge is 1.00 e. The van der Waals surface area contributed by atoms with Gasteiger partial charge in [-0.05, 0) is 18.8 Å². The van der Waals surface area contributed by atoms with Crippen molar-refractivity contribution in [3.63, 3.8) is 0 Å². The Labute approximate surface area is 142 Å². The molecule has 0 saturated heterocycles. The van der Waals surface area contributed by atoms with Crippen molar-refractivity contribution < 1.29 is 44.3 Å². The Kier molecular flexibility index (Phi) is 10.7. The van der Waals surface area contributed by atoms with Gasteiger partial charge in [0.05, 0.1) is 6.02 Å². The van der Waals surface area contributed by atoms with E-state index < -0.39 is 23.3 Å². The second kappa shape index (κ2) is 9.94. The average Bonchev–Trinajstić information content (AvgIpc) is 2.30. The molecular weight excluding hydrogens is 267 g/mol. The van der Waals surface area contributed by atoms with Gasteiger partial charge in [0.1, 0.15) is 5.41 Å². The van der Waals surface area contributed by atoms with Gasteiger partial charge in [-0.2, -0.15) is 0 Å². The van der Waals surface area contributed by atoms with Crippen molar-refractivity contribution >= 4 is 17.8 Å². The normalized spacial score (nSPS) is 22.2. The van der Waals surface area contributed by atoms with E-state index in [2.05, 4.69) is 29.2 Å². The van der Waals surface area contributed by atoms with E-state index in [-0.39, 0.29) is 35.5 Å². The summed E-state index contributed by atoms with van der Waals surface area (Å²) in [7, 11) is 0. The zero-order valence-corrected chi connectivity index (χ0v) is 14.8. The van der Waals surface area contributed by atoms with Crippen LogP contribution in [0.15, 0.2) is 23.9 Å². The standard InChI is InChI=1S/C11H18N2O3.C3H4.Na/c1-4-6-7(3)11(5-2)8(14)12-10(16)13-9(11)15;1-3-2;/h7H,4-6H2,1-3H3,(H2,12,13,14,15,16);1-2H2;/q;;+1/p-1. The number of hydrogen-bond donors (Lipinski definition) is 1. The molecule has 0 aromatic carbocycles. The van der Waals surface area contributed by atoms with Gasteiger partial charge in [-0.15, -0.1) is 5.73 Å². The zero-order valence-electron chi connectivity index (χ0n) is 12.8. The van der Waals surface area contributed by atoms with Gasteiger partial charge in [0.15, 0.2) is 0 Å². The second-order valence-corrected chi connectivity index (χ2v) is 4.44. The van der Waals surface area contributed by atoms with Crippen LogP contribution in [0.1, 0.15) is 40.0 Å². The summed E-state index contributed by atoms with van der Waals surface area (Å²) in [6, 6.07) is -0.845. The number of aliphatic imine (C=N–C) groups is 1. The third-order valence-corrected chi connectivity index (χ3v) is 3.33. The summed E-state index contributed by atoms with van der Waals surface area (Å²) >= 11 is 0. The van der Waals surface area contributed by atoms with E-state index in [4.69, 9.17) is 0 Å². The zero-order chi connectivity index (χ0) is 15.1. The van der Waals surface area contributed by atoms with E-state index in [1.54, 1.807) is 6.92 Å². The summed E-state index contributed by atoms with van der Waals surface area (Å²) in [6.45, 7) is 11.9. The fourth-order valence-electron chi connectivity index (χ4n) is 2.30. The average molecular weight is 288 g/mol. The van der Waals surface area contributed by atoms with Crippen molar-refractivity contribution in [3.8, 4) is 0 Å². The summed E-state index contributed by atoms with van der Waals surface area (Å²) in [5, 5.41) is 13.1. The van der Waals surface area contributed by atoms with Crippen molar-refractivity contribution in [3.05, 3.63) is 18.9 Å². The summed E-state index contributed by atoms with van der Waals surface area (Å²) in [4.78, 5) is 27.1. The molecule has 6 heteroatoms. The van der Waals surface area contributed by atoms with Gasteiger partial charge in [-0.25, -0.2) is 4.99 Å². The van der Waals surface area contributed by atoms with Crippen LogP contribution in [0.2, 0.25) is 0 Å². The van der Waals surface area contributed by atoms with Crippen LogP contribution >= 0.6 is 0 Å². The molecule has 2 atom stereocenters. The minimum Gasteiger partial charge on any atom is -0.846 e. The Morgan fingerprint density at radius 1 is 1.40 bits per heavy atom. The van der Waals surface area contributed by atoms with Crippen molar-refractivity contribution in [2.45, 2.75) is 40.0 Å². The van der Waals surface area contributed by atoms with E-state index in [9.17, 15) is 14.7 Å². The molecule has 2 unspecified atom stereocenters. The molecule has 0 fully saturated rings. The topological polar surface area (TPSA) is 81.6 Å². The van der Waals surface area contributed by atoms with Crippen LogP contribution in [-0.4, -0.2) is 17.8 Å². The second-order valence-electron chi connectivity index (χ2n) is 4.44. The molecule has 5 nitrogen and oxygen atoms in total. The molecule has 106 valence electrons. The summed E-state index contributed by atoms with van der Waals surface area (Å²) in [5.41, 5.74) is 1.10. The van der Waals surface area contributed by atoms with Gasteiger partial charge >= 0.3 is 29.6 Å². The summed E-state index contributed by atoms with van der Waals surface area (Å²) in [5.74, 6) is -1.20. The van der Waals surface area contributed by atoms with Crippen molar-refractivity contribution in [2.24, 2.45) is 16.3 Å². The fourth-order valence-corrected chi connectivity index (χ4v) is 2.30. The number of rotatable bonds is 4. The molecular formula is C14H21N2NaO3. The summed E-state index contributed by atoms with van der Waals surface area (Å²) < 4.78 is 0. The number of carbonyl (C=O) groups is 2. The van der Waals surface area contributed by atoms with Crippen molar-refractivity contribution in [1.82, 2.24) is 5.32 Å². The molecule has 0 aromatic rings. The molecule has 0 spiro atoms. The molecule has 0 radical (unpaired) electrons. The van der Waals surface area contributed by atoms with Gasteiger partial charge in [0.25, 0.3) is 5.91 Å². The number of carbonyl (C=O) groups excluding carboxylic acids is 2. The fraction of sp³-hybridized carbons (Fsp3) is 0.571. The SMILES string of the molecule is C=C=C.CCCC(C)C1(CC)C(=O)N=C([O-])NC1=O.[Na+]. The molecule has 0 aromatic heterocycles. The Hall–Kier alpha value is -0.870. The molecule has 0 bridgehead atoms. The minimum atomic E-state index is -1.15. The Morgan fingerprint density at radius 3 is 2.25 bits per heavy atom. The molecule has 0 saturated carbocycles. The van der Waals surface area contributed by atoms with Crippen LogP contribution in [0.3, 0.4) is 0 Å². The predicted octanol–water partition coefficient (Wildman–Crippen LogP) is -1.85. The molecule has 1 heterocycles. The van der Waals surface area contributed by atoms with Gasteiger partial charge in [0.2, 0.25) is 5.91 Å². The Morgan fingerprint density at radius 2 is 1.90 bits per heavy atom. The Bertz CT molecular complexity index is 415. The van der Waals surface area contributed by atoms with Gasteiger partial charge < -0.3 is 10.4 Å². The van der Waals surface area contributed by atoms with Crippen molar-refractivity contribution in [2.75, 3.05) is 0 Å². The number of nitrogens with one attached hydrogen (secondary N) is 1. The maximum Gasteiger partial charge on any atom is 1.00 e. The molecule has 1 N–H and O–H groups in total. The molecule has 1 rings (SSSR count). The predicted molar refractivity (Wildman–Crippen MR) is 72.1 cm³/mol. The quantitative estimate of drug-likeness (QED) is 0.375. The minimum absolute atomic E-state index is 0. The molecule has 2 amide bonds. The maximum absolute atomic E-state index is 11.9. The van der Waals surface area contributed by atoms with E-state index in [0.29, 0.717) is 6.42 Å². The smallest absolute Gasteiger partial charge is 0.846 e. The number of amidine groups is 1. The van der Waals surface area contributed by atoms with Crippen molar-refractivity contribution in [1.29, 1.82) is 0 Å². The number of hydrogen-bond acceptors (Lipinski definition) is 3. The van der Waals surface area contributed by atoms with Gasteiger partial charge in [-0.1, -0.05) is 40.3 Å². The van der Waals surface area contributed by atoms with E-state index >= 15 is 0 Å². The van der Waals surface area contributed by atoms with Crippen LogP contribution in [0.5, 0.6) is 0 Å². The van der Waals surface area contributed by atoms with Gasteiger partial charge in [-0.3, -0.25) is 9.59 Å². The molecule has 0 aliphatic carbocycles. The van der Waals surface area contributed by atoms with Crippen LogP contribution in [-0.2, 0) is 9.59 Å². The van der Waals surface area contributed by atoms with Crippen LogP contribution < -0.4 is 40.0 Å². The number of nitrogens with zero attached hydrogens (tertiary/aromatic N) is 1. The van der Waals surface area contributed by atoms with E-state index in [1.165, 1.54) is 0 Å². The first kappa shape index (κ1) is 21.4. The molecule has 20 heavy (non-hydrogen) atoms. The van der Waals surface area contributed by atoms with Crippen LogP contribution in [0.4, 0.5) is 0 Å². The molecule has 1 aliphatic rings. The first-order valence-corrected chi connectivity index (χ1v) is 6.31. The Balaban J connectivity index is 0. The first-order valence-electron chi connectivity index (χ1n) is 6.31. The van der Waals surface area contributed by atoms with E-state index in [0.717, 1.165) is 12.8 Å². The summed E-state index contributed by atoms with van der Waals surface area (Å²) in [6.07, 6.45) is 2.02. The van der Waals surface area contributed by atoms with Crippen LogP contribution in [0, 0.1) is 11.3 Å². The number of amides is 2. The third kappa shape index (κ3) is 4.60. The monoisotopic (exact) mass is 288 g/mol. The van der Waals surface area contributed by atoms with Crippen LogP contribution in [0.25, 0.3) is 0 Å².